The normalized spacial score (nSPS) is 10.5. The summed E-state index contributed by atoms with van der Waals surface area (Å²) in [5.74, 6) is 0.566. The van der Waals surface area contributed by atoms with Crippen molar-refractivity contribution in [3.8, 4) is 5.75 Å². The Morgan fingerprint density at radius 3 is 2.57 bits per heavy atom. The van der Waals surface area contributed by atoms with Crippen LogP contribution in [-0.4, -0.2) is 17.5 Å². The largest absolute Gasteiger partial charge is 0.483 e. The van der Waals surface area contributed by atoms with Gasteiger partial charge in [0.05, 0.1) is 5.69 Å². The van der Waals surface area contributed by atoms with Crippen LogP contribution < -0.4 is 10.1 Å². The fraction of sp³-hybridized carbons (Fsp3) is 0.375. The van der Waals surface area contributed by atoms with E-state index in [-0.39, 0.29) is 12.5 Å². The van der Waals surface area contributed by atoms with E-state index in [1.807, 2.05) is 40.7 Å². The van der Waals surface area contributed by atoms with Gasteiger partial charge < -0.3 is 4.74 Å². The quantitative estimate of drug-likeness (QED) is 0.937. The third kappa shape index (κ3) is 3.82. The summed E-state index contributed by atoms with van der Waals surface area (Å²) in [6, 6.07) is 4.05. The molecule has 1 aromatic carbocycles. The minimum absolute atomic E-state index is 0.0125. The maximum Gasteiger partial charge on any atom is 0.264 e. The molecule has 0 bridgehead atoms. The van der Waals surface area contributed by atoms with E-state index in [2.05, 4.69) is 16.4 Å². The smallest absolute Gasteiger partial charge is 0.264 e. The molecule has 0 saturated heterocycles. The van der Waals surface area contributed by atoms with E-state index >= 15 is 0 Å². The van der Waals surface area contributed by atoms with Crippen LogP contribution in [0.3, 0.4) is 0 Å². The van der Waals surface area contributed by atoms with E-state index in [9.17, 15) is 4.79 Å². The van der Waals surface area contributed by atoms with Crippen LogP contribution in [0, 0.1) is 34.6 Å². The van der Waals surface area contributed by atoms with Crippen molar-refractivity contribution in [1.29, 1.82) is 0 Å². The van der Waals surface area contributed by atoms with E-state index < -0.39 is 0 Å². The number of hydrogen-bond donors (Lipinski definition) is 1. The van der Waals surface area contributed by atoms with Crippen molar-refractivity contribution in [3.05, 3.63) is 39.4 Å². The standard InChI is InChI=1S/C16H20N2O2S/c1-9-6-10(2)11(3)14(7-9)20-8-15(19)18-16-17-12(4)13(5)21-16/h6-7H,8H2,1-5H3,(H,17,18,19). The molecule has 0 aliphatic rings. The second-order valence-corrected chi connectivity index (χ2v) is 6.41. The maximum atomic E-state index is 11.9. The van der Waals surface area contributed by atoms with Gasteiger partial charge in [-0.1, -0.05) is 6.07 Å². The summed E-state index contributed by atoms with van der Waals surface area (Å²) in [5.41, 5.74) is 4.30. The van der Waals surface area contributed by atoms with Crippen molar-refractivity contribution in [1.82, 2.24) is 4.98 Å². The van der Waals surface area contributed by atoms with Gasteiger partial charge in [0.15, 0.2) is 11.7 Å². The molecule has 0 saturated carbocycles. The summed E-state index contributed by atoms with van der Waals surface area (Å²) in [5, 5.41) is 3.39. The van der Waals surface area contributed by atoms with Crippen LogP contribution in [0.2, 0.25) is 0 Å². The first-order chi connectivity index (χ1) is 9.86. The number of aromatic nitrogens is 1. The van der Waals surface area contributed by atoms with Crippen LogP contribution in [-0.2, 0) is 4.79 Å². The van der Waals surface area contributed by atoms with Gasteiger partial charge in [-0.2, -0.15) is 0 Å². The van der Waals surface area contributed by atoms with Crippen LogP contribution in [0.4, 0.5) is 5.13 Å². The number of carbonyl (C=O) groups excluding carboxylic acids is 1. The molecule has 1 heterocycles. The van der Waals surface area contributed by atoms with Crippen molar-refractivity contribution in [2.24, 2.45) is 0 Å². The predicted molar refractivity (Wildman–Crippen MR) is 86.4 cm³/mol. The van der Waals surface area contributed by atoms with Gasteiger partial charge in [0.25, 0.3) is 5.91 Å². The van der Waals surface area contributed by atoms with E-state index in [1.54, 1.807) is 0 Å². The highest BCUT2D eigenvalue weighted by molar-refractivity contribution is 7.15. The fourth-order valence-electron chi connectivity index (χ4n) is 1.98. The molecule has 1 aromatic heterocycles. The monoisotopic (exact) mass is 304 g/mol. The zero-order valence-corrected chi connectivity index (χ0v) is 13.9. The average Bonchev–Trinajstić information content (AvgIpc) is 2.70. The van der Waals surface area contributed by atoms with Gasteiger partial charge in [0, 0.05) is 4.88 Å². The Morgan fingerprint density at radius 2 is 1.95 bits per heavy atom. The Hall–Kier alpha value is -1.88. The first kappa shape index (κ1) is 15.5. The van der Waals surface area contributed by atoms with E-state index in [0.29, 0.717) is 5.13 Å². The Bertz CT molecular complexity index is 658. The molecule has 0 atom stereocenters. The van der Waals surface area contributed by atoms with Crippen LogP contribution in [0.15, 0.2) is 12.1 Å². The molecule has 4 nitrogen and oxygen atoms in total. The Kier molecular flexibility index (Phi) is 4.63. The lowest BCUT2D eigenvalue weighted by Gasteiger charge is -2.11. The van der Waals surface area contributed by atoms with Crippen molar-refractivity contribution < 1.29 is 9.53 Å². The minimum atomic E-state index is -0.192. The van der Waals surface area contributed by atoms with E-state index in [4.69, 9.17) is 4.74 Å². The number of aryl methyl sites for hydroxylation is 4. The lowest BCUT2D eigenvalue weighted by Crippen LogP contribution is -2.20. The van der Waals surface area contributed by atoms with Crippen LogP contribution in [0.25, 0.3) is 0 Å². The van der Waals surface area contributed by atoms with Crippen molar-refractivity contribution in [2.75, 3.05) is 11.9 Å². The van der Waals surface area contributed by atoms with Gasteiger partial charge in [-0.05, 0) is 57.4 Å². The SMILES string of the molecule is Cc1cc(C)c(C)c(OCC(=O)Nc2nc(C)c(C)s2)c1. The molecular weight excluding hydrogens is 284 g/mol. The molecule has 112 valence electrons. The molecule has 5 heteroatoms. The summed E-state index contributed by atoms with van der Waals surface area (Å²) in [4.78, 5) is 17.3. The Balaban J connectivity index is 1.98. The highest BCUT2D eigenvalue weighted by atomic mass is 32.1. The number of anilines is 1. The van der Waals surface area contributed by atoms with Crippen LogP contribution in [0.1, 0.15) is 27.3 Å². The first-order valence-electron chi connectivity index (χ1n) is 6.81. The molecule has 0 fully saturated rings. The summed E-state index contributed by atoms with van der Waals surface area (Å²) in [7, 11) is 0. The number of thiazole rings is 1. The van der Waals surface area contributed by atoms with Crippen molar-refractivity contribution >= 4 is 22.4 Å². The number of carbonyl (C=O) groups is 1. The molecule has 0 spiro atoms. The molecule has 0 radical (unpaired) electrons. The lowest BCUT2D eigenvalue weighted by molar-refractivity contribution is -0.118. The number of rotatable bonds is 4. The molecule has 0 aliphatic heterocycles. The second-order valence-electron chi connectivity index (χ2n) is 5.20. The number of nitrogens with zero attached hydrogens (tertiary/aromatic N) is 1. The summed E-state index contributed by atoms with van der Waals surface area (Å²) in [6.45, 7) is 9.95. The summed E-state index contributed by atoms with van der Waals surface area (Å²) >= 11 is 1.47. The van der Waals surface area contributed by atoms with Gasteiger partial charge in [0.1, 0.15) is 5.75 Å². The minimum Gasteiger partial charge on any atom is -0.483 e. The highest BCUT2D eigenvalue weighted by Crippen LogP contribution is 2.24. The summed E-state index contributed by atoms with van der Waals surface area (Å²) in [6.07, 6.45) is 0. The van der Waals surface area contributed by atoms with Gasteiger partial charge in [-0.25, -0.2) is 4.98 Å². The Labute approximate surface area is 129 Å². The third-order valence-electron chi connectivity index (χ3n) is 3.40. The first-order valence-corrected chi connectivity index (χ1v) is 7.63. The predicted octanol–water partition coefficient (Wildman–Crippen LogP) is 3.70. The molecule has 21 heavy (non-hydrogen) atoms. The van der Waals surface area contributed by atoms with Crippen LogP contribution in [0.5, 0.6) is 5.75 Å². The van der Waals surface area contributed by atoms with Gasteiger partial charge in [-0.15, -0.1) is 11.3 Å². The molecule has 0 aliphatic carbocycles. The molecular formula is C16H20N2O2S. The van der Waals surface area contributed by atoms with E-state index in [0.717, 1.165) is 33.0 Å². The molecule has 0 unspecified atom stereocenters. The zero-order chi connectivity index (χ0) is 15.6. The number of ether oxygens (including phenoxy) is 1. The topological polar surface area (TPSA) is 51.2 Å². The van der Waals surface area contributed by atoms with E-state index in [1.165, 1.54) is 11.3 Å². The van der Waals surface area contributed by atoms with Crippen molar-refractivity contribution in [3.63, 3.8) is 0 Å². The lowest BCUT2D eigenvalue weighted by atomic mass is 10.1. The van der Waals surface area contributed by atoms with Crippen LogP contribution >= 0.6 is 11.3 Å². The molecule has 2 rings (SSSR count). The van der Waals surface area contributed by atoms with Gasteiger partial charge in [0.2, 0.25) is 0 Å². The van der Waals surface area contributed by atoms with Gasteiger partial charge in [-0.3, -0.25) is 10.1 Å². The van der Waals surface area contributed by atoms with Crippen molar-refractivity contribution in [2.45, 2.75) is 34.6 Å². The number of nitrogens with one attached hydrogen (secondary N) is 1. The van der Waals surface area contributed by atoms with Gasteiger partial charge >= 0.3 is 0 Å². The molecule has 2 aromatic rings. The second kappa shape index (κ2) is 6.26. The molecule has 1 N–H and O–H groups in total. The Morgan fingerprint density at radius 1 is 1.24 bits per heavy atom. The molecule has 1 amide bonds. The fourth-order valence-corrected chi connectivity index (χ4v) is 2.81. The number of amides is 1. The third-order valence-corrected chi connectivity index (χ3v) is 4.39. The number of benzene rings is 1. The summed E-state index contributed by atoms with van der Waals surface area (Å²) < 4.78 is 5.63. The maximum absolute atomic E-state index is 11.9. The number of hydrogen-bond acceptors (Lipinski definition) is 4. The zero-order valence-electron chi connectivity index (χ0n) is 13.0. The average molecular weight is 304 g/mol. The highest BCUT2D eigenvalue weighted by Gasteiger charge is 2.10.